The van der Waals surface area contributed by atoms with Crippen molar-refractivity contribution in [3.05, 3.63) is 12.2 Å². The number of nitrogens with zero attached hydrogens (tertiary/aromatic N) is 1. The predicted molar refractivity (Wildman–Crippen MR) is 77.8 cm³/mol. The van der Waals surface area contributed by atoms with Gasteiger partial charge in [0, 0.05) is 12.0 Å². The Morgan fingerprint density at radius 3 is 1.80 bits per heavy atom. The van der Waals surface area contributed by atoms with Gasteiger partial charge in [-0.3, -0.25) is 9.05 Å². The molecule has 1 fully saturated rings. The van der Waals surface area contributed by atoms with Crippen molar-refractivity contribution in [2.75, 3.05) is 0 Å². The molecule has 0 spiro atoms. The standard InChI is InChI=1S/C14H20F6NO3P/c1-8(2)23-25(22,24-9(3)4)21-11-6-5-10(7-11)12(21,13(15,16)17)14(18,19)20/h5-6,8-11H,7H2,1-4H3/t10-,11-/m1/s1. The van der Waals surface area contributed by atoms with Crippen molar-refractivity contribution in [2.24, 2.45) is 5.92 Å². The first-order valence-corrected chi connectivity index (χ1v) is 9.24. The minimum atomic E-state index is -5.72. The van der Waals surface area contributed by atoms with Crippen LogP contribution < -0.4 is 0 Å². The van der Waals surface area contributed by atoms with Crippen LogP contribution in [0.4, 0.5) is 26.3 Å². The molecule has 0 N–H and O–H groups in total. The minimum absolute atomic E-state index is 0.106. The van der Waals surface area contributed by atoms with Crippen LogP contribution >= 0.6 is 7.75 Å². The van der Waals surface area contributed by atoms with Crippen LogP contribution in [0.15, 0.2) is 12.2 Å². The summed E-state index contributed by atoms with van der Waals surface area (Å²) in [4.78, 5) is 0. The van der Waals surface area contributed by atoms with Gasteiger partial charge >= 0.3 is 20.1 Å². The zero-order valence-corrected chi connectivity index (χ0v) is 15.0. The second-order valence-corrected chi connectivity index (χ2v) is 8.47. The quantitative estimate of drug-likeness (QED) is 0.370. The first-order valence-electron chi connectivity index (χ1n) is 7.75. The summed E-state index contributed by atoms with van der Waals surface area (Å²) in [7, 11) is -4.89. The average Bonchev–Trinajstić information content (AvgIpc) is 2.92. The lowest BCUT2D eigenvalue weighted by Crippen LogP contribution is -2.68. The Hall–Kier alpha value is -0.570. The Bertz CT molecular complexity index is 558. The van der Waals surface area contributed by atoms with Crippen LogP contribution in [0, 0.1) is 5.92 Å². The van der Waals surface area contributed by atoms with Gasteiger partial charge in [-0.2, -0.15) is 31.0 Å². The largest absolute Gasteiger partial charge is 0.416 e. The summed E-state index contributed by atoms with van der Waals surface area (Å²) < 4.78 is 106. The molecule has 0 saturated carbocycles. The van der Waals surface area contributed by atoms with Crippen LogP contribution in [-0.4, -0.2) is 40.8 Å². The molecule has 0 aromatic rings. The fraction of sp³-hybridized carbons (Fsp3) is 0.857. The van der Waals surface area contributed by atoms with Crippen LogP contribution in [0.5, 0.6) is 0 Å². The van der Waals surface area contributed by atoms with Crippen molar-refractivity contribution in [1.29, 1.82) is 0 Å². The van der Waals surface area contributed by atoms with Gasteiger partial charge in [0.05, 0.1) is 12.2 Å². The van der Waals surface area contributed by atoms with Crippen LogP contribution in [-0.2, 0) is 13.6 Å². The molecule has 2 atom stereocenters. The van der Waals surface area contributed by atoms with Gasteiger partial charge in [0.15, 0.2) is 0 Å². The van der Waals surface area contributed by atoms with Gasteiger partial charge in [0.2, 0.25) is 5.54 Å². The van der Waals surface area contributed by atoms with E-state index in [0.717, 1.165) is 6.08 Å². The Morgan fingerprint density at radius 2 is 1.44 bits per heavy atom. The maximum absolute atomic E-state index is 13.8. The number of alkyl halides is 6. The highest BCUT2D eigenvalue weighted by atomic mass is 31.2. The lowest BCUT2D eigenvalue weighted by atomic mass is 9.84. The third-order valence-corrected chi connectivity index (χ3v) is 6.61. The summed E-state index contributed by atoms with van der Waals surface area (Å²) in [5.74, 6) is -1.91. The molecule has 1 heterocycles. The van der Waals surface area contributed by atoms with Crippen molar-refractivity contribution in [2.45, 2.75) is 70.3 Å². The molecule has 0 amide bonds. The fourth-order valence-corrected chi connectivity index (χ4v) is 6.09. The molecule has 2 aliphatic rings. The van der Waals surface area contributed by atoms with E-state index in [1.807, 2.05) is 0 Å². The van der Waals surface area contributed by atoms with Gasteiger partial charge in [0.1, 0.15) is 0 Å². The molecule has 0 unspecified atom stereocenters. The van der Waals surface area contributed by atoms with Crippen molar-refractivity contribution < 1.29 is 40.0 Å². The molecule has 0 radical (unpaired) electrons. The third-order valence-electron chi connectivity index (χ3n) is 4.09. The highest BCUT2D eigenvalue weighted by Gasteiger charge is 2.84. The second kappa shape index (κ2) is 6.25. The third kappa shape index (κ3) is 3.15. The summed E-state index contributed by atoms with van der Waals surface area (Å²) in [6, 6.07) is -1.34. The zero-order chi connectivity index (χ0) is 19.4. The molecule has 0 aromatic carbocycles. The van der Waals surface area contributed by atoms with E-state index >= 15 is 0 Å². The molecule has 2 rings (SSSR count). The summed E-state index contributed by atoms with van der Waals surface area (Å²) in [5.41, 5.74) is -4.31. The number of fused-ring (bicyclic) bond motifs is 2. The Morgan fingerprint density at radius 1 is 1.00 bits per heavy atom. The van der Waals surface area contributed by atoms with Crippen LogP contribution in [0.3, 0.4) is 0 Å². The van der Waals surface area contributed by atoms with E-state index in [1.54, 1.807) is 0 Å². The Balaban J connectivity index is 2.70. The maximum atomic E-state index is 13.8. The molecule has 0 aromatic heterocycles. The summed E-state index contributed by atoms with van der Waals surface area (Å²) >= 11 is 0. The zero-order valence-electron chi connectivity index (χ0n) is 14.1. The predicted octanol–water partition coefficient (Wildman–Crippen LogP) is 5.07. The molecule has 4 nitrogen and oxygen atoms in total. The van der Waals surface area contributed by atoms with Gasteiger partial charge in [-0.05, 0) is 34.1 Å². The molecule has 25 heavy (non-hydrogen) atoms. The van der Waals surface area contributed by atoms with E-state index in [2.05, 4.69) is 0 Å². The molecular formula is C14H20F6NO3P. The smallest absolute Gasteiger partial charge is 0.294 e. The van der Waals surface area contributed by atoms with Gasteiger partial charge < -0.3 is 0 Å². The van der Waals surface area contributed by atoms with E-state index in [-0.39, 0.29) is 4.67 Å². The van der Waals surface area contributed by atoms with E-state index in [9.17, 15) is 30.9 Å². The van der Waals surface area contributed by atoms with Crippen LogP contribution in [0.25, 0.3) is 0 Å². The van der Waals surface area contributed by atoms with Crippen molar-refractivity contribution in [1.82, 2.24) is 4.67 Å². The summed E-state index contributed by atoms with van der Waals surface area (Å²) in [6.45, 7) is 5.46. The molecule has 1 aliphatic carbocycles. The molecule has 1 saturated heterocycles. The molecule has 11 heteroatoms. The lowest BCUT2D eigenvalue weighted by Gasteiger charge is -2.48. The van der Waals surface area contributed by atoms with Gasteiger partial charge in [0.25, 0.3) is 0 Å². The topological polar surface area (TPSA) is 38.8 Å². The van der Waals surface area contributed by atoms with E-state index in [0.29, 0.717) is 0 Å². The monoisotopic (exact) mass is 395 g/mol. The van der Waals surface area contributed by atoms with Crippen molar-refractivity contribution >= 4 is 7.75 Å². The van der Waals surface area contributed by atoms with E-state index in [1.165, 1.54) is 33.8 Å². The Kier molecular flexibility index (Phi) is 5.18. The maximum Gasteiger partial charge on any atom is 0.416 e. The second-order valence-electron chi connectivity index (χ2n) is 6.68. The average molecular weight is 395 g/mol. The fourth-order valence-electron chi connectivity index (χ4n) is 3.48. The van der Waals surface area contributed by atoms with Crippen molar-refractivity contribution in [3.63, 3.8) is 0 Å². The normalized spacial score (nSPS) is 27.0. The van der Waals surface area contributed by atoms with E-state index in [4.69, 9.17) is 9.05 Å². The summed E-state index contributed by atoms with van der Waals surface area (Å²) in [6.07, 6.45) is -11.6. The lowest BCUT2D eigenvalue weighted by molar-refractivity contribution is -0.334. The van der Waals surface area contributed by atoms with Crippen molar-refractivity contribution in [3.8, 4) is 0 Å². The highest BCUT2D eigenvalue weighted by Crippen LogP contribution is 2.71. The number of rotatable bonds is 5. The number of halogens is 6. The first-order chi connectivity index (χ1) is 11.2. The number of hydrogen-bond donors (Lipinski definition) is 0. The van der Waals surface area contributed by atoms with Crippen LogP contribution in [0.1, 0.15) is 34.1 Å². The summed E-state index contributed by atoms with van der Waals surface area (Å²) in [5, 5.41) is 0. The highest BCUT2D eigenvalue weighted by molar-refractivity contribution is 7.51. The molecule has 146 valence electrons. The van der Waals surface area contributed by atoms with Gasteiger partial charge in [-0.25, -0.2) is 4.57 Å². The molecule has 1 aliphatic heterocycles. The first kappa shape index (κ1) is 20.7. The van der Waals surface area contributed by atoms with Gasteiger partial charge in [-0.15, -0.1) is 0 Å². The SMILES string of the molecule is CC(C)OP(=O)(OC(C)C)N1[C@@H]2C=C[C@H](C2)C1(C(F)(F)F)C(F)(F)F. The molecule has 2 bridgehead atoms. The van der Waals surface area contributed by atoms with Crippen LogP contribution in [0.2, 0.25) is 0 Å². The molecular weight excluding hydrogens is 375 g/mol. The van der Waals surface area contributed by atoms with Gasteiger partial charge in [-0.1, -0.05) is 12.2 Å². The minimum Gasteiger partial charge on any atom is -0.294 e. The number of hydrogen-bond acceptors (Lipinski definition) is 3. The Labute approximate surface area is 141 Å². The van der Waals surface area contributed by atoms with E-state index < -0.39 is 56.2 Å².